The third-order valence-electron chi connectivity index (χ3n) is 2.02. The van der Waals surface area contributed by atoms with E-state index in [4.69, 9.17) is 4.74 Å². The van der Waals surface area contributed by atoms with Crippen molar-refractivity contribution in [2.24, 2.45) is 5.41 Å². The molecule has 0 aliphatic rings. The number of rotatable bonds is 5. The topological polar surface area (TPSA) is 46.5 Å². The molecule has 0 heterocycles. The first-order valence-electron chi connectivity index (χ1n) is 5.08. The SMILES string of the molecule is CCCC(C)(C)COC(=O)C(C)(C)O. The van der Waals surface area contributed by atoms with E-state index in [2.05, 4.69) is 6.92 Å². The van der Waals surface area contributed by atoms with E-state index in [0.29, 0.717) is 6.61 Å². The van der Waals surface area contributed by atoms with Crippen molar-refractivity contribution in [1.82, 2.24) is 0 Å². The first kappa shape index (κ1) is 13.4. The van der Waals surface area contributed by atoms with E-state index in [1.54, 1.807) is 0 Å². The molecule has 0 amide bonds. The number of ether oxygens (including phenoxy) is 1. The van der Waals surface area contributed by atoms with Gasteiger partial charge in [0.25, 0.3) is 0 Å². The highest BCUT2D eigenvalue weighted by atomic mass is 16.5. The highest BCUT2D eigenvalue weighted by Gasteiger charge is 2.28. The van der Waals surface area contributed by atoms with Crippen LogP contribution in [-0.4, -0.2) is 23.3 Å². The predicted octanol–water partition coefficient (Wildman–Crippen LogP) is 2.13. The molecule has 0 saturated carbocycles. The van der Waals surface area contributed by atoms with Crippen molar-refractivity contribution in [3.8, 4) is 0 Å². The van der Waals surface area contributed by atoms with Crippen LogP contribution in [-0.2, 0) is 9.53 Å². The van der Waals surface area contributed by atoms with Crippen molar-refractivity contribution in [1.29, 1.82) is 0 Å². The quantitative estimate of drug-likeness (QED) is 0.695. The lowest BCUT2D eigenvalue weighted by Crippen LogP contribution is -2.35. The minimum Gasteiger partial charge on any atom is -0.463 e. The second kappa shape index (κ2) is 4.78. The molecule has 0 aliphatic heterocycles. The predicted molar refractivity (Wildman–Crippen MR) is 55.9 cm³/mol. The molecule has 0 aromatic heterocycles. The lowest BCUT2D eigenvalue weighted by Gasteiger charge is -2.25. The second-order valence-corrected chi connectivity index (χ2v) is 5.05. The van der Waals surface area contributed by atoms with Gasteiger partial charge in [-0.2, -0.15) is 0 Å². The maximum absolute atomic E-state index is 11.2. The molecule has 0 aromatic rings. The number of esters is 1. The molecule has 0 saturated heterocycles. The third-order valence-corrected chi connectivity index (χ3v) is 2.02. The molecule has 0 rings (SSSR count). The van der Waals surface area contributed by atoms with Crippen LogP contribution in [0, 0.1) is 5.41 Å². The van der Waals surface area contributed by atoms with Gasteiger partial charge in [0.05, 0.1) is 6.61 Å². The maximum atomic E-state index is 11.2. The van der Waals surface area contributed by atoms with E-state index >= 15 is 0 Å². The van der Waals surface area contributed by atoms with Gasteiger partial charge in [-0.25, -0.2) is 4.79 Å². The highest BCUT2D eigenvalue weighted by molar-refractivity contribution is 5.78. The van der Waals surface area contributed by atoms with Crippen molar-refractivity contribution in [3.63, 3.8) is 0 Å². The lowest BCUT2D eigenvalue weighted by molar-refractivity contribution is -0.165. The minimum absolute atomic E-state index is 0.00431. The summed E-state index contributed by atoms with van der Waals surface area (Å²) in [5.41, 5.74) is -1.39. The Balaban J connectivity index is 4.00. The Hall–Kier alpha value is -0.570. The summed E-state index contributed by atoms with van der Waals surface area (Å²) in [7, 11) is 0. The Morgan fingerprint density at radius 1 is 1.29 bits per heavy atom. The molecular formula is C11H22O3. The number of carbonyl (C=O) groups excluding carboxylic acids is 1. The van der Waals surface area contributed by atoms with Crippen LogP contribution in [0.2, 0.25) is 0 Å². The van der Waals surface area contributed by atoms with E-state index < -0.39 is 11.6 Å². The number of carbonyl (C=O) groups is 1. The van der Waals surface area contributed by atoms with Gasteiger partial charge in [-0.05, 0) is 25.7 Å². The van der Waals surface area contributed by atoms with Crippen LogP contribution in [0.4, 0.5) is 0 Å². The maximum Gasteiger partial charge on any atom is 0.337 e. The smallest absolute Gasteiger partial charge is 0.337 e. The molecule has 0 radical (unpaired) electrons. The van der Waals surface area contributed by atoms with Gasteiger partial charge in [-0.3, -0.25) is 0 Å². The largest absolute Gasteiger partial charge is 0.463 e. The van der Waals surface area contributed by atoms with Crippen molar-refractivity contribution in [3.05, 3.63) is 0 Å². The number of aliphatic hydroxyl groups is 1. The van der Waals surface area contributed by atoms with Crippen LogP contribution in [0.3, 0.4) is 0 Å². The van der Waals surface area contributed by atoms with Crippen LogP contribution in [0.1, 0.15) is 47.5 Å². The molecule has 1 N–H and O–H groups in total. The molecule has 14 heavy (non-hydrogen) atoms. The molecule has 0 aromatic carbocycles. The van der Waals surface area contributed by atoms with Crippen molar-refractivity contribution in [2.45, 2.75) is 53.1 Å². The zero-order valence-corrected chi connectivity index (χ0v) is 9.89. The van der Waals surface area contributed by atoms with E-state index in [1.165, 1.54) is 13.8 Å². The van der Waals surface area contributed by atoms with Gasteiger partial charge in [0.1, 0.15) is 0 Å². The summed E-state index contributed by atoms with van der Waals surface area (Å²) in [5.74, 6) is -0.554. The molecule has 0 bridgehead atoms. The molecule has 0 fully saturated rings. The lowest BCUT2D eigenvalue weighted by atomic mass is 9.89. The summed E-state index contributed by atoms with van der Waals surface area (Å²) in [6.45, 7) is 9.43. The van der Waals surface area contributed by atoms with Crippen molar-refractivity contribution < 1.29 is 14.6 Å². The fourth-order valence-corrected chi connectivity index (χ4v) is 1.19. The minimum atomic E-state index is -1.39. The van der Waals surface area contributed by atoms with Crippen LogP contribution < -0.4 is 0 Å². The van der Waals surface area contributed by atoms with E-state index in [1.807, 2.05) is 13.8 Å². The van der Waals surface area contributed by atoms with Crippen LogP contribution >= 0.6 is 0 Å². The van der Waals surface area contributed by atoms with Crippen LogP contribution in [0.15, 0.2) is 0 Å². The molecule has 0 unspecified atom stereocenters. The first-order valence-corrected chi connectivity index (χ1v) is 5.08. The van der Waals surface area contributed by atoms with E-state index in [-0.39, 0.29) is 5.41 Å². The van der Waals surface area contributed by atoms with E-state index in [0.717, 1.165) is 12.8 Å². The standard InChI is InChI=1S/C11H22O3/c1-6-7-10(2,3)8-14-9(12)11(4,5)13/h13H,6-8H2,1-5H3. The number of hydrogen-bond acceptors (Lipinski definition) is 3. The molecule has 3 heteroatoms. The zero-order chi connectivity index (χ0) is 11.4. The summed E-state index contributed by atoms with van der Waals surface area (Å²) in [6.07, 6.45) is 2.07. The average Bonchev–Trinajstić information content (AvgIpc) is 1.98. The van der Waals surface area contributed by atoms with Crippen molar-refractivity contribution in [2.75, 3.05) is 6.61 Å². The summed E-state index contributed by atoms with van der Waals surface area (Å²) in [5, 5.41) is 9.34. The average molecular weight is 202 g/mol. The molecule has 0 aliphatic carbocycles. The second-order valence-electron chi connectivity index (χ2n) is 5.05. The van der Waals surface area contributed by atoms with Crippen molar-refractivity contribution >= 4 is 5.97 Å². The summed E-state index contributed by atoms with van der Waals surface area (Å²) >= 11 is 0. The van der Waals surface area contributed by atoms with Gasteiger partial charge in [0.2, 0.25) is 0 Å². The Morgan fingerprint density at radius 2 is 1.79 bits per heavy atom. The van der Waals surface area contributed by atoms with Gasteiger partial charge in [0.15, 0.2) is 5.60 Å². The van der Waals surface area contributed by atoms with Gasteiger partial charge in [-0.15, -0.1) is 0 Å². The molecule has 84 valence electrons. The fourth-order valence-electron chi connectivity index (χ4n) is 1.19. The van der Waals surface area contributed by atoms with Gasteiger partial charge < -0.3 is 9.84 Å². The third kappa shape index (κ3) is 5.22. The highest BCUT2D eigenvalue weighted by Crippen LogP contribution is 2.23. The summed E-state index contributed by atoms with van der Waals surface area (Å²) < 4.78 is 5.03. The molecular weight excluding hydrogens is 180 g/mol. The molecule has 0 atom stereocenters. The van der Waals surface area contributed by atoms with Crippen LogP contribution in [0.5, 0.6) is 0 Å². The van der Waals surface area contributed by atoms with Gasteiger partial charge in [0, 0.05) is 0 Å². The fraction of sp³-hybridized carbons (Fsp3) is 0.909. The molecule has 0 spiro atoms. The summed E-state index contributed by atoms with van der Waals surface area (Å²) in [6, 6.07) is 0. The monoisotopic (exact) mass is 202 g/mol. The van der Waals surface area contributed by atoms with Gasteiger partial charge >= 0.3 is 5.97 Å². The zero-order valence-electron chi connectivity index (χ0n) is 9.89. The Morgan fingerprint density at radius 3 is 2.14 bits per heavy atom. The summed E-state index contributed by atoms with van der Waals surface area (Å²) in [4.78, 5) is 11.2. The first-order chi connectivity index (χ1) is 6.19. The Bertz CT molecular complexity index is 189. The molecule has 3 nitrogen and oxygen atoms in total. The normalized spacial score (nSPS) is 12.7. The Kier molecular flexibility index (Phi) is 4.59. The number of hydrogen-bond donors (Lipinski definition) is 1. The van der Waals surface area contributed by atoms with Crippen LogP contribution in [0.25, 0.3) is 0 Å². The van der Waals surface area contributed by atoms with E-state index in [9.17, 15) is 9.90 Å². The van der Waals surface area contributed by atoms with Gasteiger partial charge in [-0.1, -0.05) is 27.2 Å². The Labute approximate surface area is 86.5 Å².